The Hall–Kier alpha value is -0.746. The average Bonchev–Trinajstić information content (AvgIpc) is 2.33. The topological polar surface area (TPSA) is 9.23 Å². The lowest BCUT2D eigenvalue weighted by atomic mass is 10.2. The van der Waals surface area contributed by atoms with Gasteiger partial charge in [0, 0.05) is 19.4 Å². The molecule has 22 heavy (non-hydrogen) atoms. The minimum atomic E-state index is -1.58. The predicted octanol–water partition coefficient (Wildman–Crippen LogP) is 5.62. The van der Waals surface area contributed by atoms with E-state index >= 15 is 0 Å². The number of rotatable bonds is 5. The van der Waals surface area contributed by atoms with Crippen LogP contribution < -0.4 is 0 Å². The highest BCUT2D eigenvalue weighted by Crippen LogP contribution is 2.36. The smallest absolute Gasteiger partial charge is 0.191 e. The number of unbranched alkanes of at least 4 members (excludes halogenated alkanes) is 1. The van der Waals surface area contributed by atoms with E-state index < -0.39 is 16.4 Å². The molecular weight excluding hydrogens is 300 g/mol. The molecule has 0 fully saturated rings. The molecule has 0 aromatic heterocycles. The molecule has 0 N–H and O–H groups in total. The molecule has 0 heterocycles. The van der Waals surface area contributed by atoms with Gasteiger partial charge in [-0.3, -0.25) is 0 Å². The fourth-order valence-corrected chi connectivity index (χ4v) is 3.05. The molecule has 0 aromatic rings. The third-order valence-corrected chi connectivity index (χ3v) is 9.17. The molecule has 0 bridgehead atoms. The quantitative estimate of drug-likeness (QED) is 0.360. The lowest BCUT2D eigenvalue weighted by Gasteiger charge is -2.36. The normalized spacial score (nSPS) is 12.5. The number of hydrogen-bond donors (Lipinski definition) is 0. The lowest BCUT2D eigenvalue weighted by molar-refractivity contribution is 0.284. The Labute approximate surface area is 141 Å². The summed E-state index contributed by atoms with van der Waals surface area (Å²) in [5.41, 5.74) is 3.34. The van der Waals surface area contributed by atoms with Gasteiger partial charge in [0.1, 0.15) is 8.07 Å². The molecule has 0 aromatic carbocycles. The van der Waals surface area contributed by atoms with Gasteiger partial charge in [0.15, 0.2) is 8.32 Å². The maximum absolute atomic E-state index is 6.12. The molecule has 0 aliphatic rings. The van der Waals surface area contributed by atoms with Gasteiger partial charge in [0.25, 0.3) is 0 Å². The van der Waals surface area contributed by atoms with Crippen LogP contribution in [0.1, 0.15) is 40.0 Å². The zero-order valence-electron chi connectivity index (χ0n) is 15.9. The average molecular weight is 335 g/mol. The summed E-state index contributed by atoms with van der Waals surface area (Å²) in [6.07, 6.45) is 6.70. The summed E-state index contributed by atoms with van der Waals surface area (Å²) in [6.45, 7) is 19.0. The van der Waals surface area contributed by atoms with Crippen LogP contribution in [0.5, 0.6) is 0 Å². The van der Waals surface area contributed by atoms with Crippen molar-refractivity contribution in [3.8, 4) is 23.3 Å². The van der Waals surface area contributed by atoms with E-state index in [-0.39, 0.29) is 0 Å². The van der Waals surface area contributed by atoms with Crippen LogP contribution in [0, 0.1) is 23.3 Å². The zero-order chi connectivity index (χ0) is 17.3. The molecule has 0 spiro atoms. The van der Waals surface area contributed by atoms with Crippen molar-refractivity contribution in [2.75, 3.05) is 6.61 Å². The molecule has 1 nitrogen and oxygen atoms in total. The Morgan fingerprint density at radius 2 is 1.64 bits per heavy atom. The standard InChI is InChI=1S/C19H34OSi2/c1-19(2,3)22(7,8)20-17-15-13-11-9-10-12-14-16-18-21(4,5)6/h10,12H,13-15,17H2,1-8H3/b12-10-. The summed E-state index contributed by atoms with van der Waals surface area (Å²) in [5, 5.41) is 0.290. The van der Waals surface area contributed by atoms with E-state index in [0.717, 1.165) is 25.9 Å². The van der Waals surface area contributed by atoms with Gasteiger partial charge in [-0.2, -0.15) is 0 Å². The first-order valence-electron chi connectivity index (χ1n) is 8.23. The van der Waals surface area contributed by atoms with Crippen molar-refractivity contribution < 1.29 is 4.43 Å². The van der Waals surface area contributed by atoms with Gasteiger partial charge in [-0.1, -0.05) is 58.3 Å². The number of allylic oxidation sites excluding steroid dienone is 2. The molecule has 3 heteroatoms. The Balaban J connectivity index is 3.89. The molecule has 0 unspecified atom stereocenters. The van der Waals surface area contributed by atoms with E-state index in [2.05, 4.69) is 76.8 Å². The van der Waals surface area contributed by atoms with Crippen molar-refractivity contribution in [3.63, 3.8) is 0 Å². The molecule has 0 aliphatic heterocycles. The van der Waals surface area contributed by atoms with Crippen LogP contribution in [0.25, 0.3) is 0 Å². The molecule has 0 aliphatic carbocycles. The van der Waals surface area contributed by atoms with Gasteiger partial charge in [-0.05, 0) is 30.6 Å². The second-order valence-corrected chi connectivity index (χ2v) is 17.8. The molecule has 0 amide bonds. The molecule has 0 saturated carbocycles. The van der Waals surface area contributed by atoms with Crippen molar-refractivity contribution in [1.82, 2.24) is 0 Å². The van der Waals surface area contributed by atoms with Crippen molar-refractivity contribution in [1.29, 1.82) is 0 Å². The molecule has 0 saturated heterocycles. The van der Waals surface area contributed by atoms with Gasteiger partial charge in [-0.15, -0.1) is 11.5 Å². The monoisotopic (exact) mass is 334 g/mol. The van der Waals surface area contributed by atoms with Crippen LogP contribution in [-0.4, -0.2) is 23.0 Å². The summed E-state index contributed by atoms with van der Waals surface area (Å²) >= 11 is 0. The van der Waals surface area contributed by atoms with Gasteiger partial charge in [0.2, 0.25) is 0 Å². The van der Waals surface area contributed by atoms with Crippen LogP contribution in [0.15, 0.2) is 12.2 Å². The van der Waals surface area contributed by atoms with Crippen molar-refractivity contribution in [2.45, 2.75) is 77.8 Å². The highest BCUT2D eigenvalue weighted by atomic mass is 28.4. The second-order valence-electron chi connectivity index (χ2n) is 8.19. The molecule has 0 rings (SSSR count). The first kappa shape index (κ1) is 21.3. The van der Waals surface area contributed by atoms with E-state index in [9.17, 15) is 0 Å². The highest BCUT2D eigenvalue weighted by Gasteiger charge is 2.36. The van der Waals surface area contributed by atoms with E-state index in [1.165, 1.54) is 0 Å². The van der Waals surface area contributed by atoms with E-state index in [1.807, 2.05) is 12.2 Å². The highest BCUT2D eigenvalue weighted by molar-refractivity contribution is 6.83. The largest absolute Gasteiger partial charge is 0.417 e. The van der Waals surface area contributed by atoms with Crippen LogP contribution in [0.3, 0.4) is 0 Å². The van der Waals surface area contributed by atoms with E-state index in [4.69, 9.17) is 4.43 Å². The van der Waals surface area contributed by atoms with Crippen LogP contribution in [0.4, 0.5) is 0 Å². The van der Waals surface area contributed by atoms with Crippen LogP contribution in [0.2, 0.25) is 37.8 Å². The molecule has 124 valence electrons. The Kier molecular flexibility index (Phi) is 9.09. The minimum absolute atomic E-state index is 0.290. The van der Waals surface area contributed by atoms with E-state index in [0.29, 0.717) is 5.04 Å². The maximum Gasteiger partial charge on any atom is 0.191 e. The summed E-state index contributed by atoms with van der Waals surface area (Å²) in [4.78, 5) is 0. The third-order valence-electron chi connectivity index (χ3n) is 3.70. The Morgan fingerprint density at radius 1 is 1.00 bits per heavy atom. The fraction of sp³-hybridized carbons (Fsp3) is 0.684. The van der Waals surface area contributed by atoms with Gasteiger partial charge >= 0.3 is 0 Å². The number of hydrogen-bond acceptors (Lipinski definition) is 1. The molecule has 0 radical (unpaired) electrons. The van der Waals surface area contributed by atoms with Crippen molar-refractivity contribution in [3.05, 3.63) is 12.2 Å². The van der Waals surface area contributed by atoms with Crippen LogP contribution >= 0.6 is 0 Å². The lowest BCUT2D eigenvalue weighted by Crippen LogP contribution is -2.40. The summed E-state index contributed by atoms with van der Waals surface area (Å²) in [7, 11) is -2.80. The summed E-state index contributed by atoms with van der Waals surface area (Å²) in [5.74, 6) is 9.47. The second kappa shape index (κ2) is 9.41. The predicted molar refractivity (Wildman–Crippen MR) is 105 cm³/mol. The zero-order valence-corrected chi connectivity index (χ0v) is 17.9. The SMILES string of the molecule is CC(C)(C)[Si](C)(C)OCCCC#C/C=C\CC#C[Si](C)(C)C. The summed E-state index contributed by atoms with van der Waals surface area (Å²) < 4.78 is 6.12. The van der Waals surface area contributed by atoms with E-state index in [1.54, 1.807) is 0 Å². The minimum Gasteiger partial charge on any atom is -0.417 e. The van der Waals surface area contributed by atoms with Gasteiger partial charge < -0.3 is 4.43 Å². The van der Waals surface area contributed by atoms with Crippen molar-refractivity contribution in [2.24, 2.45) is 0 Å². The Bertz CT molecular complexity index is 468. The van der Waals surface area contributed by atoms with Crippen molar-refractivity contribution >= 4 is 16.4 Å². The molecule has 0 atom stereocenters. The first-order valence-corrected chi connectivity index (χ1v) is 14.6. The van der Waals surface area contributed by atoms with Crippen LogP contribution in [-0.2, 0) is 4.43 Å². The Morgan fingerprint density at radius 3 is 2.18 bits per heavy atom. The molecular formula is C19H34OSi2. The fourth-order valence-electron chi connectivity index (χ4n) is 1.33. The maximum atomic E-state index is 6.12. The third kappa shape index (κ3) is 10.9. The van der Waals surface area contributed by atoms with Gasteiger partial charge in [0.05, 0.1) is 0 Å². The van der Waals surface area contributed by atoms with Gasteiger partial charge in [-0.25, -0.2) is 0 Å². The first-order chi connectivity index (χ1) is 9.96. The summed E-state index contributed by atoms with van der Waals surface area (Å²) in [6, 6.07) is 0.